The average Bonchev–Trinajstić information content (AvgIpc) is 2.87. The molecule has 0 atom stereocenters. The zero-order valence-corrected chi connectivity index (χ0v) is 9.67. The molecule has 0 amide bonds. The maximum absolute atomic E-state index is 13.9. The minimum Gasteiger partial charge on any atom is -0.464 e. The maximum Gasteiger partial charge on any atom is 0.270 e. The monoisotopic (exact) mass is 257 g/mol. The van der Waals surface area contributed by atoms with E-state index in [-0.39, 0.29) is 11.3 Å². The van der Waals surface area contributed by atoms with E-state index in [1.807, 2.05) is 0 Å². The normalized spacial score (nSPS) is 10.8. The van der Waals surface area contributed by atoms with E-state index in [9.17, 15) is 14.5 Å². The van der Waals surface area contributed by atoms with Crippen LogP contribution < -0.4 is 0 Å². The third-order valence-electron chi connectivity index (χ3n) is 2.95. The van der Waals surface area contributed by atoms with Crippen LogP contribution >= 0.6 is 0 Å². The molecule has 2 aromatic carbocycles. The van der Waals surface area contributed by atoms with Crippen LogP contribution in [-0.2, 0) is 0 Å². The van der Waals surface area contributed by atoms with Crippen LogP contribution in [0.25, 0.3) is 22.1 Å². The molecule has 0 N–H and O–H groups in total. The summed E-state index contributed by atoms with van der Waals surface area (Å²) in [4.78, 5) is 10.2. The van der Waals surface area contributed by atoms with Gasteiger partial charge in [-0.25, -0.2) is 4.39 Å². The summed E-state index contributed by atoms with van der Waals surface area (Å²) in [7, 11) is 0. The van der Waals surface area contributed by atoms with Gasteiger partial charge in [0.15, 0.2) is 0 Å². The van der Waals surface area contributed by atoms with Crippen molar-refractivity contribution in [2.45, 2.75) is 0 Å². The van der Waals surface area contributed by atoms with Crippen LogP contribution in [0.15, 0.2) is 53.1 Å². The van der Waals surface area contributed by atoms with Gasteiger partial charge in [0, 0.05) is 23.1 Å². The molecular weight excluding hydrogens is 249 g/mol. The van der Waals surface area contributed by atoms with Crippen molar-refractivity contribution in [3.63, 3.8) is 0 Å². The van der Waals surface area contributed by atoms with Crippen LogP contribution in [0.1, 0.15) is 0 Å². The number of furan rings is 1. The number of halogens is 1. The highest BCUT2D eigenvalue weighted by Crippen LogP contribution is 2.33. The fourth-order valence-corrected chi connectivity index (χ4v) is 2.06. The number of benzene rings is 2. The Morgan fingerprint density at radius 3 is 2.74 bits per heavy atom. The fraction of sp³-hybridized carbons (Fsp3) is 0. The van der Waals surface area contributed by atoms with Crippen LogP contribution in [0.2, 0.25) is 0 Å². The first-order valence-electron chi connectivity index (χ1n) is 5.57. The van der Waals surface area contributed by atoms with Gasteiger partial charge < -0.3 is 4.42 Å². The van der Waals surface area contributed by atoms with Gasteiger partial charge >= 0.3 is 0 Å². The molecule has 0 aliphatic rings. The van der Waals surface area contributed by atoms with Gasteiger partial charge in [-0.1, -0.05) is 12.1 Å². The second-order valence-corrected chi connectivity index (χ2v) is 4.06. The maximum atomic E-state index is 13.9. The van der Waals surface area contributed by atoms with Crippen molar-refractivity contribution in [2.24, 2.45) is 0 Å². The molecule has 3 aromatic rings. The van der Waals surface area contributed by atoms with Crippen molar-refractivity contribution < 1.29 is 13.7 Å². The third kappa shape index (κ3) is 1.85. The van der Waals surface area contributed by atoms with Gasteiger partial charge in [-0.2, -0.15) is 0 Å². The van der Waals surface area contributed by atoms with Crippen LogP contribution in [-0.4, -0.2) is 4.92 Å². The summed E-state index contributed by atoms with van der Waals surface area (Å²) < 4.78 is 19.1. The van der Waals surface area contributed by atoms with Crippen LogP contribution in [0.3, 0.4) is 0 Å². The third-order valence-corrected chi connectivity index (χ3v) is 2.95. The molecule has 3 rings (SSSR count). The highest BCUT2D eigenvalue weighted by atomic mass is 19.1. The van der Waals surface area contributed by atoms with Gasteiger partial charge in [0.1, 0.15) is 11.4 Å². The Bertz CT molecular complexity index is 779. The summed E-state index contributed by atoms with van der Waals surface area (Å²) >= 11 is 0. The topological polar surface area (TPSA) is 56.3 Å². The first kappa shape index (κ1) is 11.4. The van der Waals surface area contributed by atoms with Crippen molar-refractivity contribution in [1.82, 2.24) is 0 Å². The van der Waals surface area contributed by atoms with Gasteiger partial charge in [0.25, 0.3) is 5.69 Å². The Morgan fingerprint density at radius 1 is 1.11 bits per heavy atom. The minimum absolute atomic E-state index is 0.142. The van der Waals surface area contributed by atoms with E-state index in [1.54, 1.807) is 24.3 Å². The minimum atomic E-state index is -0.543. The summed E-state index contributed by atoms with van der Waals surface area (Å²) in [5.41, 5.74) is 1.24. The lowest BCUT2D eigenvalue weighted by atomic mass is 10.0. The van der Waals surface area contributed by atoms with Crippen LogP contribution in [0, 0.1) is 15.9 Å². The van der Waals surface area contributed by atoms with E-state index in [0.717, 1.165) is 17.5 Å². The number of nitrogens with zero attached hydrogens (tertiary/aromatic N) is 1. The van der Waals surface area contributed by atoms with Crippen molar-refractivity contribution in [2.75, 3.05) is 0 Å². The smallest absolute Gasteiger partial charge is 0.270 e. The number of non-ortho nitro benzene ring substituents is 1. The van der Waals surface area contributed by atoms with Crippen molar-refractivity contribution >= 4 is 16.7 Å². The predicted molar refractivity (Wildman–Crippen MR) is 68.3 cm³/mol. The van der Waals surface area contributed by atoms with Gasteiger partial charge in [-0.05, 0) is 23.8 Å². The second-order valence-electron chi connectivity index (χ2n) is 4.06. The molecule has 0 bridgehead atoms. The summed E-state index contributed by atoms with van der Waals surface area (Å²) in [6.07, 6.45) is 1.50. The Labute approximate surface area is 107 Å². The Kier molecular flexibility index (Phi) is 2.52. The zero-order valence-electron chi connectivity index (χ0n) is 9.67. The lowest BCUT2D eigenvalue weighted by Crippen LogP contribution is -1.91. The molecular formula is C14H8FNO3. The first-order valence-corrected chi connectivity index (χ1v) is 5.57. The number of nitro benzene ring substituents is 1. The molecule has 5 heteroatoms. The Balaban J connectivity index is 2.29. The summed E-state index contributed by atoms with van der Waals surface area (Å²) in [6, 6.07) is 10.4. The van der Waals surface area contributed by atoms with E-state index in [2.05, 4.69) is 0 Å². The molecule has 0 saturated heterocycles. The molecule has 94 valence electrons. The Morgan fingerprint density at radius 2 is 1.95 bits per heavy atom. The second kappa shape index (κ2) is 4.20. The van der Waals surface area contributed by atoms with E-state index < -0.39 is 10.7 Å². The standard InChI is InChI=1S/C14H8FNO3/c15-13-5-4-9(16(17)18)8-12(13)10-2-1-3-14-11(10)6-7-19-14/h1-8H. The van der Waals surface area contributed by atoms with Crippen molar-refractivity contribution in [3.05, 3.63) is 64.7 Å². The fourth-order valence-electron chi connectivity index (χ4n) is 2.06. The summed E-state index contributed by atoms with van der Waals surface area (Å²) in [6.45, 7) is 0. The highest BCUT2D eigenvalue weighted by Gasteiger charge is 2.14. The number of rotatable bonds is 2. The molecule has 19 heavy (non-hydrogen) atoms. The molecule has 4 nitrogen and oxygen atoms in total. The first-order chi connectivity index (χ1) is 9.16. The van der Waals surface area contributed by atoms with Gasteiger partial charge in [0.05, 0.1) is 11.2 Å². The quantitative estimate of drug-likeness (QED) is 0.512. The van der Waals surface area contributed by atoms with E-state index in [1.165, 1.54) is 12.3 Å². The lowest BCUT2D eigenvalue weighted by Gasteiger charge is -2.04. The molecule has 0 radical (unpaired) electrons. The number of hydrogen-bond acceptors (Lipinski definition) is 3. The van der Waals surface area contributed by atoms with Gasteiger partial charge in [-0.3, -0.25) is 10.1 Å². The molecule has 0 aliphatic carbocycles. The Hall–Kier alpha value is -2.69. The SMILES string of the molecule is O=[N+]([O-])c1ccc(F)c(-c2cccc3occc23)c1. The molecule has 1 heterocycles. The molecule has 0 fully saturated rings. The predicted octanol–water partition coefficient (Wildman–Crippen LogP) is 4.15. The van der Waals surface area contributed by atoms with E-state index in [4.69, 9.17) is 4.42 Å². The number of fused-ring (bicyclic) bond motifs is 1. The van der Waals surface area contributed by atoms with E-state index in [0.29, 0.717) is 11.1 Å². The van der Waals surface area contributed by atoms with E-state index >= 15 is 0 Å². The molecule has 0 spiro atoms. The molecule has 0 aliphatic heterocycles. The average molecular weight is 257 g/mol. The van der Waals surface area contributed by atoms with Crippen LogP contribution in [0.4, 0.5) is 10.1 Å². The zero-order chi connectivity index (χ0) is 13.4. The van der Waals surface area contributed by atoms with Crippen LogP contribution in [0.5, 0.6) is 0 Å². The van der Waals surface area contributed by atoms with Gasteiger partial charge in [-0.15, -0.1) is 0 Å². The molecule has 0 saturated carbocycles. The largest absolute Gasteiger partial charge is 0.464 e. The highest BCUT2D eigenvalue weighted by molar-refractivity contribution is 5.94. The number of nitro groups is 1. The van der Waals surface area contributed by atoms with Crippen molar-refractivity contribution in [3.8, 4) is 11.1 Å². The number of hydrogen-bond donors (Lipinski definition) is 0. The molecule has 1 aromatic heterocycles. The lowest BCUT2D eigenvalue weighted by molar-refractivity contribution is -0.384. The van der Waals surface area contributed by atoms with Gasteiger partial charge in [0.2, 0.25) is 0 Å². The molecule has 0 unspecified atom stereocenters. The van der Waals surface area contributed by atoms with Crippen molar-refractivity contribution in [1.29, 1.82) is 0 Å². The summed E-state index contributed by atoms with van der Waals surface area (Å²) in [5, 5.41) is 11.5. The summed E-state index contributed by atoms with van der Waals surface area (Å²) in [5.74, 6) is -0.501.